The maximum absolute atomic E-state index is 11.0. The molecule has 3 rings (SSSR count). The van der Waals surface area contributed by atoms with Gasteiger partial charge in [0.1, 0.15) is 11.7 Å². The zero-order valence-electron chi connectivity index (χ0n) is 10.2. The fourth-order valence-electron chi connectivity index (χ4n) is 2.37. The van der Waals surface area contributed by atoms with Crippen molar-refractivity contribution >= 4 is 28.1 Å². The Labute approximate surface area is 104 Å². The van der Waals surface area contributed by atoms with Crippen molar-refractivity contribution < 1.29 is 14.3 Å². The van der Waals surface area contributed by atoms with Crippen molar-refractivity contribution in [2.75, 3.05) is 0 Å². The van der Waals surface area contributed by atoms with Gasteiger partial charge in [-0.2, -0.15) is 0 Å². The Morgan fingerprint density at radius 1 is 1.33 bits per heavy atom. The minimum absolute atomic E-state index is 0.139. The van der Waals surface area contributed by atoms with Crippen LogP contribution in [0.2, 0.25) is 0 Å². The molecule has 0 aliphatic heterocycles. The number of aryl methyl sites for hydroxylation is 1. The molecule has 0 saturated heterocycles. The molecule has 3 heteroatoms. The lowest BCUT2D eigenvalue weighted by Gasteiger charge is -2.09. The Hall–Kier alpha value is -2.25. The van der Waals surface area contributed by atoms with Crippen molar-refractivity contribution in [1.82, 2.24) is 0 Å². The van der Waals surface area contributed by atoms with Crippen molar-refractivity contribution in [3.05, 3.63) is 35.1 Å². The number of benzene rings is 1. The molecule has 0 bridgehead atoms. The molecule has 0 atom stereocenters. The summed E-state index contributed by atoms with van der Waals surface area (Å²) in [7, 11) is 0. The highest BCUT2D eigenvalue weighted by Gasteiger charge is 2.24. The molecule has 90 valence electrons. The van der Waals surface area contributed by atoms with Gasteiger partial charge in [0.15, 0.2) is 11.3 Å². The largest absolute Gasteiger partial charge is 0.504 e. The Kier molecular flexibility index (Phi) is 2.19. The minimum Gasteiger partial charge on any atom is -0.504 e. The molecule has 1 aliphatic rings. The van der Waals surface area contributed by atoms with Crippen LogP contribution in [0.25, 0.3) is 22.1 Å². The van der Waals surface area contributed by atoms with E-state index in [9.17, 15) is 9.90 Å². The molecule has 0 saturated carbocycles. The molecule has 1 N–H and O–H groups in total. The second kappa shape index (κ2) is 3.62. The number of fused-ring (bicyclic) bond motifs is 3. The van der Waals surface area contributed by atoms with E-state index in [0.717, 1.165) is 22.1 Å². The van der Waals surface area contributed by atoms with Crippen molar-refractivity contribution in [3.63, 3.8) is 0 Å². The van der Waals surface area contributed by atoms with Gasteiger partial charge in [0.25, 0.3) is 0 Å². The topological polar surface area (TPSA) is 50.4 Å². The summed E-state index contributed by atoms with van der Waals surface area (Å²) in [5.74, 6) is 2.77. The SMILES string of the molecule is CC1=CCC(=C=O)c2c1oc1c(O)c(C)ccc21. The van der Waals surface area contributed by atoms with E-state index in [1.54, 1.807) is 0 Å². The average molecular weight is 240 g/mol. The van der Waals surface area contributed by atoms with Crippen LogP contribution in [0.1, 0.15) is 30.2 Å². The van der Waals surface area contributed by atoms with E-state index < -0.39 is 0 Å². The minimum atomic E-state index is 0.139. The van der Waals surface area contributed by atoms with Gasteiger partial charge in [-0.15, -0.1) is 0 Å². The number of carbonyl (C=O) groups excluding carboxylic acids is 1. The molecule has 0 fully saturated rings. The van der Waals surface area contributed by atoms with Crippen LogP contribution in [-0.2, 0) is 4.79 Å². The molecular weight excluding hydrogens is 228 g/mol. The lowest BCUT2D eigenvalue weighted by molar-refractivity contribution is 0.459. The summed E-state index contributed by atoms with van der Waals surface area (Å²) in [6, 6.07) is 3.70. The Morgan fingerprint density at radius 3 is 2.83 bits per heavy atom. The van der Waals surface area contributed by atoms with Crippen molar-refractivity contribution in [1.29, 1.82) is 0 Å². The van der Waals surface area contributed by atoms with Crippen LogP contribution in [-0.4, -0.2) is 11.0 Å². The number of hydrogen-bond acceptors (Lipinski definition) is 3. The van der Waals surface area contributed by atoms with E-state index in [0.29, 0.717) is 23.3 Å². The highest BCUT2D eigenvalue weighted by atomic mass is 16.4. The third kappa shape index (κ3) is 1.28. The molecule has 2 aromatic rings. The number of aromatic hydroxyl groups is 1. The van der Waals surface area contributed by atoms with E-state index >= 15 is 0 Å². The van der Waals surface area contributed by atoms with Crippen molar-refractivity contribution in [2.24, 2.45) is 0 Å². The van der Waals surface area contributed by atoms with E-state index in [4.69, 9.17) is 4.42 Å². The first-order valence-electron chi connectivity index (χ1n) is 5.80. The Morgan fingerprint density at radius 2 is 2.11 bits per heavy atom. The van der Waals surface area contributed by atoms with Gasteiger partial charge in [-0.3, -0.25) is 0 Å². The van der Waals surface area contributed by atoms with E-state index in [1.165, 1.54) is 0 Å². The summed E-state index contributed by atoms with van der Waals surface area (Å²) in [4.78, 5) is 11.0. The average Bonchev–Trinajstić information content (AvgIpc) is 2.76. The maximum atomic E-state index is 11.0. The normalized spacial score (nSPS) is 14.3. The number of hydrogen-bond donors (Lipinski definition) is 1. The second-order valence-corrected chi connectivity index (χ2v) is 4.59. The molecule has 0 spiro atoms. The highest BCUT2D eigenvalue weighted by Crippen LogP contribution is 2.42. The zero-order chi connectivity index (χ0) is 12.9. The molecule has 1 heterocycles. The highest BCUT2D eigenvalue weighted by molar-refractivity contribution is 6.06. The van der Waals surface area contributed by atoms with Crippen molar-refractivity contribution in [2.45, 2.75) is 20.3 Å². The quantitative estimate of drug-likeness (QED) is 0.717. The van der Waals surface area contributed by atoms with Crippen LogP contribution < -0.4 is 0 Å². The molecule has 0 unspecified atom stereocenters. The monoisotopic (exact) mass is 240 g/mol. The Balaban J connectivity index is 2.49. The van der Waals surface area contributed by atoms with Crippen LogP contribution in [0.3, 0.4) is 0 Å². The Bertz CT molecular complexity index is 741. The fourth-order valence-corrected chi connectivity index (χ4v) is 2.37. The van der Waals surface area contributed by atoms with Gasteiger partial charge in [0, 0.05) is 17.4 Å². The fraction of sp³-hybridized carbons (Fsp3) is 0.200. The zero-order valence-corrected chi connectivity index (χ0v) is 10.2. The van der Waals surface area contributed by atoms with Crippen LogP contribution in [0.5, 0.6) is 5.75 Å². The first kappa shape index (κ1) is 10.9. The van der Waals surface area contributed by atoms with Crippen LogP contribution in [0, 0.1) is 6.92 Å². The summed E-state index contributed by atoms with van der Waals surface area (Å²) < 4.78 is 5.73. The third-order valence-electron chi connectivity index (χ3n) is 3.43. The number of allylic oxidation sites excluding steroid dienone is 3. The summed E-state index contributed by atoms with van der Waals surface area (Å²) >= 11 is 0. The number of rotatable bonds is 0. The lowest BCUT2D eigenvalue weighted by atomic mass is 9.92. The molecule has 1 aromatic carbocycles. The van der Waals surface area contributed by atoms with Crippen LogP contribution in [0.15, 0.2) is 22.6 Å². The lowest BCUT2D eigenvalue weighted by Crippen LogP contribution is -1.94. The van der Waals surface area contributed by atoms with Crippen LogP contribution >= 0.6 is 0 Å². The van der Waals surface area contributed by atoms with Gasteiger partial charge < -0.3 is 9.52 Å². The molecule has 1 aliphatic carbocycles. The van der Waals surface area contributed by atoms with E-state index in [-0.39, 0.29) is 5.75 Å². The van der Waals surface area contributed by atoms with Gasteiger partial charge in [-0.25, -0.2) is 4.79 Å². The molecule has 18 heavy (non-hydrogen) atoms. The predicted octanol–water partition coefficient (Wildman–Crippen LogP) is 3.47. The van der Waals surface area contributed by atoms with Crippen molar-refractivity contribution in [3.8, 4) is 5.75 Å². The standard InChI is InChI=1S/C15H12O3/c1-8-4-6-11-12-10(7-16)5-3-9(2)14(12)18-15(11)13(8)17/h3-4,6,17H,5H2,1-2H3. The van der Waals surface area contributed by atoms with Gasteiger partial charge >= 0.3 is 0 Å². The number of furan rings is 1. The smallest absolute Gasteiger partial charge is 0.177 e. The molecule has 3 nitrogen and oxygen atoms in total. The molecule has 0 amide bonds. The first-order valence-corrected chi connectivity index (χ1v) is 5.80. The first-order chi connectivity index (χ1) is 8.63. The molecule has 1 aromatic heterocycles. The summed E-state index contributed by atoms with van der Waals surface area (Å²) in [5.41, 5.74) is 3.54. The number of phenolic OH excluding ortho intramolecular Hbond substituents is 1. The van der Waals surface area contributed by atoms with Crippen LogP contribution in [0.4, 0.5) is 0 Å². The maximum Gasteiger partial charge on any atom is 0.177 e. The molecule has 0 radical (unpaired) electrons. The van der Waals surface area contributed by atoms with Gasteiger partial charge in [-0.1, -0.05) is 12.1 Å². The summed E-state index contributed by atoms with van der Waals surface area (Å²) in [6.07, 6.45) is 2.50. The summed E-state index contributed by atoms with van der Waals surface area (Å²) in [5, 5.41) is 10.8. The summed E-state index contributed by atoms with van der Waals surface area (Å²) in [6.45, 7) is 3.75. The van der Waals surface area contributed by atoms with E-state index in [1.807, 2.05) is 38.0 Å². The van der Waals surface area contributed by atoms with Gasteiger partial charge in [0.05, 0.1) is 5.57 Å². The van der Waals surface area contributed by atoms with E-state index in [2.05, 4.69) is 0 Å². The number of phenols is 1. The second-order valence-electron chi connectivity index (χ2n) is 4.59. The third-order valence-corrected chi connectivity index (χ3v) is 3.43. The predicted molar refractivity (Wildman–Crippen MR) is 70.0 cm³/mol. The molecular formula is C15H12O3. The van der Waals surface area contributed by atoms with Gasteiger partial charge in [0.2, 0.25) is 0 Å². The van der Waals surface area contributed by atoms with Gasteiger partial charge in [-0.05, 0) is 31.1 Å².